The number of carbonyl (C=O) groups excluding carboxylic acids is 1. The molecule has 59 heavy (non-hydrogen) atoms. The molecular weight excluding hydrogens is 791 g/mol. The Labute approximate surface area is 359 Å². The number of thiazole rings is 1. The summed E-state index contributed by atoms with van der Waals surface area (Å²) >= 11 is 8.04. The predicted molar refractivity (Wildman–Crippen MR) is 247 cm³/mol. The Kier molecular flexibility index (Phi) is 12.2. The first kappa shape index (κ1) is 40.7. The van der Waals surface area contributed by atoms with Crippen molar-refractivity contribution in [2.45, 2.75) is 77.8 Å². The molecule has 1 saturated heterocycles. The van der Waals surface area contributed by atoms with Crippen LogP contribution in [-0.4, -0.2) is 43.4 Å². The van der Waals surface area contributed by atoms with Gasteiger partial charge in [0, 0.05) is 29.9 Å². The number of benzene rings is 4. The predicted octanol–water partition coefficient (Wildman–Crippen LogP) is 9.63. The third-order valence-corrected chi connectivity index (χ3v) is 14.9. The number of carboxylic acids is 1. The monoisotopic (exact) mass is 839 g/mol. The average Bonchev–Trinajstić information content (AvgIpc) is 3.99. The number of thioether (sulfide) groups is 1. The number of hydrogen-bond acceptors (Lipinski definition) is 7. The average molecular weight is 840 g/mol. The molecule has 2 fully saturated rings. The lowest BCUT2D eigenvalue weighted by atomic mass is 9.92. The highest BCUT2D eigenvalue weighted by atomic mass is 32.2. The van der Waals surface area contributed by atoms with Gasteiger partial charge in [-0.25, -0.2) is 0 Å². The zero-order chi connectivity index (χ0) is 41.2. The quantitative estimate of drug-likeness (QED) is 0.0935. The molecule has 2 aliphatic heterocycles. The zero-order valence-corrected chi connectivity index (χ0v) is 36.1. The number of carbonyl (C=O) groups is 2. The normalized spacial score (nSPS) is 19.5. The molecule has 1 aliphatic carbocycles. The maximum Gasteiger partial charge on any atom is 0.323 e. The first-order valence-electron chi connectivity index (χ1n) is 20.7. The first-order chi connectivity index (χ1) is 28.6. The molecule has 0 bridgehead atoms. The Morgan fingerprint density at radius 3 is 2.22 bits per heavy atom. The third-order valence-electron chi connectivity index (χ3n) is 12.2. The highest BCUT2D eigenvalue weighted by molar-refractivity contribution is 8.30. The van der Waals surface area contributed by atoms with Crippen molar-refractivity contribution in [1.29, 1.82) is 0 Å². The molecule has 1 N–H and O–H groups in total. The Hall–Kier alpha value is -5.03. The van der Waals surface area contributed by atoms with Crippen LogP contribution in [-0.2, 0) is 16.1 Å². The Morgan fingerprint density at radius 1 is 0.898 bits per heavy atom. The molecule has 0 radical (unpaired) electrons. The van der Waals surface area contributed by atoms with Gasteiger partial charge < -0.3 is 10.0 Å². The molecule has 10 heteroatoms. The summed E-state index contributed by atoms with van der Waals surface area (Å²) in [5.74, 6) is -0.199. The summed E-state index contributed by atoms with van der Waals surface area (Å²) in [6.07, 6.45) is 10.4. The number of amides is 1. The van der Waals surface area contributed by atoms with Crippen molar-refractivity contribution in [3.8, 4) is 0 Å². The number of aliphatic carboxylic acids is 1. The van der Waals surface area contributed by atoms with E-state index in [2.05, 4.69) is 117 Å². The Morgan fingerprint density at radius 2 is 1.58 bits per heavy atom. The van der Waals surface area contributed by atoms with E-state index < -0.39 is 18.1 Å². The van der Waals surface area contributed by atoms with Gasteiger partial charge in [-0.1, -0.05) is 143 Å². The van der Waals surface area contributed by atoms with Gasteiger partial charge in [-0.3, -0.25) is 23.9 Å². The van der Waals surface area contributed by atoms with Crippen LogP contribution in [0.15, 0.2) is 108 Å². The standard InChI is InChI=1S/C49H49N3O4S3/c1-4-31(3)25-32(5-2)29-51-47(56)45(59-49(51)57)48-50(30-44(53)54)46(55)43(58-48)28-34-21-24-42-40(27-34)38-17-12-18-41(38)52(42)37-22-19-33(20-23-37)26-39(35-13-8-6-9-14-35)36-15-10-7-11-16-36/h6-11,13-16,19-24,26-28,31-32,38,41H,4-5,12,17-18,25,29-30H2,1-3H3,(H,53,54)/b43-28-,48-45+. The maximum absolute atomic E-state index is 13.9. The van der Waals surface area contributed by atoms with Gasteiger partial charge in [-0.15, -0.1) is 11.3 Å². The summed E-state index contributed by atoms with van der Waals surface area (Å²) in [6.45, 7) is 6.51. The van der Waals surface area contributed by atoms with Crippen molar-refractivity contribution in [2.24, 2.45) is 11.8 Å². The van der Waals surface area contributed by atoms with E-state index in [1.807, 2.05) is 24.3 Å². The van der Waals surface area contributed by atoms with Gasteiger partial charge in [0.05, 0.1) is 4.53 Å². The van der Waals surface area contributed by atoms with Crippen molar-refractivity contribution in [3.05, 3.63) is 150 Å². The molecule has 4 atom stereocenters. The Balaban J connectivity index is 1.11. The second-order valence-electron chi connectivity index (χ2n) is 16.0. The maximum atomic E-state index is 13.9. The van der Waals surface area contributed by atoms with Gasteiger partial charge in [-0.05, 0) is 101 Å². The van der Waals surface area contributed by atoms with Gasteiger partial charge in [0.25, 0.3) is 11.5 Å². The SMILES string of the molecule is CCC(C)CC(CC)CN1C(=O)/C(=c2\s/c(=C\c3ccc4c(c3)C3CCCC3N4c3ccc(C=C(c4ccccc4)c4ccccc4)cc3)c(=O)n2CC(=O)O)SC1=S. The lowest BCUT2D eigenvalue weighted by molar-refractivity contribution is -0.137. The van der Waals surface area contributed by atoms with E-state index in [4.69, 9.17) is 12.2 Å². The van der Waals surface area contributed by atoms with Crippen molar-refractivity contribution >= 4 is 85.5 Å². The van der Waals surface area contributed by atoms with Gasteiger partial charge in [0.2, 0.25) is 0 Å². The fourth-order valence-electron chi connectivity index (χ4n) is 8.93. The molecule has 4 unspecified atom stereocenters. The van der Waals surface area contributed by atoms with E-state index in [0.717, 1.165) is 55.3 Å². The summed E-state index contributed by atoms with van der Waals surface area (Å²) < 4.78 is 2.41. The van der Waals surface area contributed by atoms with Crippen molar-refractivity contribution < 1.29 is 14.7 Å². The van der Waals surface area contributed by atoms with E-state index >= 15 is 0 Å². The van der Waals surface area contributed by atoms with Crippen LogP contribution in [0.4, 0.5) is 11.4 Å². The third kappa shape index (κ3) is 8.40. The van der Waals surface area contributed by atoms with Crippen molar-refractivity contribution in [3.63, 3.8) is 0 Å². The number of thiocarbonyl (C=S) groups is 1. The second-order valence-corrected chi connectivity index (χ2v) is 18.7. The summed E-state index contributed by atoms with van der Waals surface area (Å²) in [4.78, 5) is 44.3. The van der Waals surface area contributed by atoms with Gasteiger partial charge >= 0.3 is 5.97 Å². The molecule has 7 nitrogen and oxygen atoms in total. The molecular formula is C49H49N3O4S3. The van der Waals surface area contributed by atoms with Crippen LogP contribution in [0.2, 0.25) is 0 Å². The first-order valence-corrected chi connectivity index (χ1v) is 22.7. The minimum atomic E-state index is -1.14. The Bertz CT molecular complexity index is 2560. The van der Waals surface area contributed by atoms with Gasteiger partial charge in [0.15, 0.2) is 0 Å². The molecule has 302 valence electrons. The van der Waals surface area contributed by atoms with Crippen LogP contribution < -0.4 is 19.7 Å². The lowest BCUT2D eigenvalue weighted by Crippen LogP contribution is -2.37. The highest BCUT2D eigenvalue weighted by Gasteiger charge is 2.42. The molecule has 4 aromatic carbocycles. The number of nitrogens with zero attached hydrogens (tertiary/aromatic N) is 3. The summed E-state index contributed by atoms with van der Waals surface area (Å²) in [7, 11) is 0. The fraction of sp³-hybridized carbons (Fsp3) is 0.306. The second kappa shape index (κ2) is 17.7. The van der Waals surface area contributed by atoms with Crippen molar-refractivity contribution in [2.75, 3.05) is 11.4 Å². The molecule has 1 aromatic heterocycles. The zero-order valence-electron chi connectivity index (χ0n) is 33.7. The molecule has 3 heterocycles. The van der Waals surface area contributed by atoms with Gasteiger partial charge in [0.1, 0.15) is 20.4 Å². The van der Waals surface area contributed by atoms with E-state index in [-0.39, 0.29) is 5.91 Å². The van der Waals surface area contributed by atoms with Crippen LogP contribution >= 0.6 is 35.3 Å². The number of aromatic nitrogens is 1. The number of anilines is 2. The minimum Gasteiger partial charge on any atom is -0.480 e. The van der Waals surface area contributed by atoms with Crippen LogP contribution in [0.1, 0.15) is 93.0 Å². The number of hydrogen-bond donors (Lipinski definition) is 1. The fourth-order valence-corrected chi connectivity index (χ4v) is 11.5. The molecule has 5 aromatic rings. The molecule has 1 amide bonds. The van der Waals surface area contributed by atoms with Crippen LogP contribution in [0.3, 0.4) is 0 Å². The van der Waals surface area contributed by atoms with Gasteiger partial charge in [-0.2, -0.15) is 0 Å². The topological polar surface area (TPSA) is 82.9 Å². The van der Waals surface area contributed by atoms with Crippen LogP contribution in [0.25, 0.3) is 22.6 Å². The van der Waals surface area contributed by atoms with Crippen molar-refractivity contribution in [1.82, 2.24) is 9.47 Å². The largest absolute Gasteiger partial charge is 0.480 e. The molecule has 3 aliphatic rings. The smallest absolute Gasteiger partial charge is 0.323 e. The molecule has 1 saturated carbocycles. The number of carboxylic acid groups (broad SMARTS) is 1. The summed E-state index contributed by atoms with van der Waals surface area (Å²) in [5, 5.41) is 9.84. The summed E-state index contributed by atoms with van der Waals surface area (Å²) in [6, 6.07) is 36.6. The number of rotatable bonds is 13. The molecule has 8 rings (SSSR count). The van der Waals surface area contributed by atoms with Crippen LogP contribution in [0, 0.1) is 11.8 Å². The minimum absolute atomic E-state index is 0.253. The van der Waals surface area contributed by atoms with E-state index in [0.29, 0.717) is 48.8 Å². The van der Waals surface area contributed by atoms with E-state index in [9.17, 15) is 19.5 Å². The summed E-state index contributed by atoms with van der Waals surface area (Å²) in [5.41, 5.74) is 8.71. The van der Waals surface area contributed by atoms with Crippen LogP contribution in [0.5, 0.6) is 0 Å². The molecule has 0 spiro atoms. The number of fused-ring (bicyclic) bond motifs is 3. The lowest BCUT2D eigenvalue weighted by Gasteiger charge is -2.27. The van der Waals surface area contributed by atoms with E-state index in [1.165, 1.54) is 55.6 Å². The van der Waals surface area contributed by atoms with E-state index in [1.54, 1.807) is 4.90 Å². The highest BCUT2D eigenvalue weighted by Crippen LogP contribution is 2.52.